The number of hydrogen-bond donors (Lipinski definition) is 1. The lowest BCUT2D eigenvalue weighted by Crippen LogP contribution is -2.47. The van der Waals surface area contributed by atoms with Gasteiger partial charge in [0.1, 0.15) is 0 Å². The van der Waals surface area contributed by atoms with Crippen LogP contribution in [-0.4, -0.2) is 93.8 Å². The van der Waals surface area contributed by atoms with Crippen molar-refractivity contribution in [3.8, 4) is 0 Å². The molecule has 0 aliphatic carbocycles. The van der Waals surface area contributed by atoms with Crippen LogP contribution in [-0.2, 0) is 13.3 Å². The molecule has 0 aromatic carbocycles. The average molecular weight is 308 g/mol. The molecule has 0 aromatic heterocycles. The van der Waals surface area contributed by atoms with Crippen LogP contribution in [0, 0.1) is 0 Å². The van der Waals surface area contributed by atoms with Crippen molar-refractivity contribution in [1.82, 2.24) is 15.1 Å². The van der Waals surface area contributed by atoms with Gasteiger partial charge in [0.05, 0.1) is 0 Å². The molecule has 0 saturated carbocycles. The number of likely N-dealkylation sites (N-methyl/N-ethyl adjacent to an activating group) is 3. The molecule has 0 heterocycles. The van der Waals surface area contributed by atoms with E-state index in [1.165, 1.54) is 0 Å². The molecular formula is C13H33N3O3Si. The zero-order chi connectivity index (χ0) is 15.6. The topological polar surface area (TPSA) is 46.2 Å². The van der Waals surface area contributed by atoms with E-state index in [1.54, 1.807) is 21.3 Å². The number of hydrogen-bond acceptors (Lipinski definition) is 6. The molecule has 122 valence electrons. The Morgan fingerprint density at radius 2 is 1.55 bits per heavy atom. The van der Waals surface area contributed by atoms with E-state index >= 15 is 0 Å². The van der Waals surface area contributed by atoms with Crippen LogP contribution in [0.1, 0.15) is 6.42 Å². The molecule has 20 heavy (non-hydrogen) atoms. The van der Waals surface area contributed by atoms with Crippen molar-refractivity contribution >= 4 is 8.80 Å². The third-order valence-electron chi connectivity index (χ3n) is 3.68. The highest BCUT2D eigenvalue weighted by Crippen LogP contribution is 2.18. The Bertz CT molecular complexity index is 233. The van der Waals surface area contributed by atoms with Crippen molar-refractivity contribution in [3.63, 3.8) is 0 Å². The summed E-state index contributed by atoms with van der Waals surface area (Å²) in [5.74, 6) is 0. The minimum Gasteiger partial charge on any atom is -0.377 e. The van der Waals surface area contributed by atoms with Gasteiger partial charge in [0, 0.05) is 53.0 Å². The molecule has 1 atom stereocenters. The van der Waals surface area contributed by atoms with E-state index in [2.05, 4.69) is 36.3 Å². The maximum absolute atomic E-state index is 5.49. The van der Waals surface area contributed by atoms with Crippen LogP contribution >= 0.6 is 0 Å². The van der Waals surface area contributed by atoms with Gasteiger partial charge in [-0.1, -0.05) is 0 Å². The van der Waals surface area contributed by atoms with Crippen LogP contribution < -0.4 is 5.32 Å². The van der Waals surface area contributed by atoms with Gasteiger partial charge in [0.2, 0.25) is 0 Å². The largest absolute Gasteiger partial charge is 0.500 e. The standard InChI is InChI=1S/C13H33N3O3Si/c1-14-12-13(16(4)10-9-15(2)3)8-11-20(17-5,18-6)19-7/h13-14H,8-12H2,1-7H3. The molecule has 7 heteroatoms. The minimum atomic E-state index is -2.46. The molecule has 0 amide bonds. The number of nitrogens with zero attached hydrogens (tertiary/aromatic N) is 2. The van der Waals surface area contributed by atoms with Gasteiger partial charge in [0.15, 0.2) is 0 Å². The molecular weight excluding hydrogens is 274 g/mol. The number of nitrogens with one attached hydrogen (secondary N) is 1. The summed E-state index contributed by atoms with van der Waals surface area (Å²) in [5, 5.41) is 3.26. The zero-order valence-corrected chi connectivity index (χ0v) is 15.2. The van der Waals surface area contributed by atoms with E-state index in [0.29, 0.717) is 6.04 Å². The monoisotopic (exact) mass is 307 g/mol. The summed E-state index contributed by atoms with van der Waals surface area (Å²) in [5.41, 5.74) is 0. The molecule has 6 nitrogen and oxygen atoms in total. The van der Waals surface area contributed by atoms with Crippen LogP contribution in [0.4, 0.5) is 0 Å². The Labute approximate surface area is 125 Å². The summed E-state index contributed by atoms with van der Waals surface area (Å²) in [6, 6.07) is 1.28. The Kier molecular flexibility index (Phi) is 10.7. The third-order valence-corrected chi connectivity index (χ3v) is 6.45. The first kappa shape index (κ1) is 20.0. The van der Waals surface area contributed by atoms with Crippen molar-refractivity contribution < 1.29 is 13.3 Å². The van der Waals surface area contributed by atoms with Crippen molar-refractivity contribution in [3.05, 3.63) is 0 Å². The normalized spacial score (nSPS) is 14.2. The molecule has 0 spiro atoms. The molecule has 0 rings (SSSR count). The van der Waals surface area contributed by atoms with Crippen molar-refractivity contribution in [2.45, 2.75) is 18.5 Å². The average Bonchev–Trinajstić information content (AvgIpc) is 2.45. The van der Waals surface area contributed by atoms with Gasteiger partial charge in [0.25, 0.3) is 0 Å². The second-order valence-electron chi connectivity index (χ2n) is 5.33. The first-order valence-electron chi connectivity index (χ1n) is 7.09. The van der Waals surface area contributed by atoms with E-state index in [-0.39, 0.29) is 0 Å². The summed E-state index contributed by atoms with van der Waals surface area (Å²) < 4.78 is 16.5. The first-order valence-corrected chi connectivity index (χ1v) is 9.02. The molecule has 0 fully saturated rings. The van der Waals surface area contributed by atoms with Gasteiger partial charge >= 0.3 is 8.80 Å². The zero-order valence-electron chi connectivity index (χ0n) is 14.2. The predicted molar refractivity (Wildman–Crippen MR) is 85.1 cm³/mol. The maximum Gasteiger partial charge on any atom is 0.500 e. The molecule has 1 unspecified atom stereocenters. The van der Waals surface area contributed by atoms with E-state index in [9.17, 15) is 0 Å². The predicted octanol–water partition coefficient (Wildman–Crippen LogP) is 0.336. The van der Waals surface area contributed by atoms with E-state index in [0.717, 1.165) is 32.1 Å². The summed E-state index contributed by atoms with van der Waals surface area (Å²) in [4.78, 5) is 4.59. The minimum absolute atomic E-state index is 0.451. The van der Waals surface area contributed by atoms with Crippen LogP contribution in [0.15, 0.2) is 0 Å². The van der Waals surface area contributed by atoms with E-state index in [4.69, 9.17) is 13.3 Å². The fraction of sp³-hybridized carbons (Fsp3) is 1.00. The van der Waals surface area contributed by atoms with E-state index < -0.39 is 8.80 Å². The van der Waals surface area contributed by atoms with Crippen molar-refractivity contribution in [2.75, 3.05) is 69.2 Å². The SMILES string of the molecule is CNCC(CC[Si](OC)(OC)OC)N(C)CCN(C)C. The first-order chi connectivity index (χ1) is 9.44. The Morgan fingerprint density at radius 1 is 1.00 bits per heavy atom. The maximum atomic E-state index is 5.49. The molecule has 0 radical (unpaired) electrons. The van der Waals surface area contributed by atoms with E-state index in [1.807, 2.05) is 7.05 Å². The van der Waals surface area contributed by atoms with Crippen LogP contribution in [0.25, 0.3) is 0 Å². The van der Waals surface area contributed by atoms with Gasteiger partial charge in [-0.05, 0) is 34.6 Å². The highest BCUT2D eigenvalue weighted by molar-refractivity contribution is 6.60. The van der Waals surface area contributed by atoms with Gasteiger partial charge < -0.3 is 28.4 Å². The quantitative estimate of drug-likeness (QED) is 0.525. The van der Waals surface area contributed by atoms with Crippen LogP contribution in [0.3, 0.4) is 0 Å². The Hall–Kier alpha value is -0.0231. The lowest BCUT2D eigenvalue weighted by atomic mass is 10.2. The lowest BCUT2D eigenvalue weighted by Gasteiger charge is -2.31. The summed E-state index contributed by atoms with van der Waals surface area (Å²) in [6.07, 6.45) is 0.993. The Balaban J connectivity index is 4.45. The lowest BCUT2D eigenvalue weighted by molar-refractivity contribution is 0.117. The van der Waals surface area contributed by atoms with Crippen molar-refractivity contribution in [1.29, 1.82) is 0 Å². The smallest absolute Gasteiger partial charge is 0.377 e. The van der Waals surface area contributed by atoms with Crippen LogP contribution in [0.2, 0.25) is 6.04 Å². The molecule has 0 aliphatic rings. The summed E-state index contributed by atoms with van der Waals surface area (Å²) in [7, 11) is 10.9. The second-order valence-corrected chi connectivity index (χ2v) is 8.42. The third kappa shape index (κ3) is 7.12. The van der Waals surface area contributed by atoms with Gasteiger partial charge in [-0.15, -0.1) is 0 Å². The van der Waals surface area contributed by atoms with Gasteiger partial charge in [-0.25, -0.2) is 0 Å². The Morgan fingerprint density at radius 3 is 1.95 bits per heavy atom. The molecule has 0 saturated heterocycles. The second kappa shape index (κ2) is 10.7. The summed E-state index contributed by atoms with van der Waals surface area (Å²) >= 11 is 0. The van der Waals surface area contributed by atoms with Crippen molar-refractivity contribution in [2.24, 2.45) is 0 Å². The molecule has 0 bridgehead atoms. The molecule has 0 aromatic rings. The fourth-order valence-corrected chi connectivity index (χ4v) is 3.95. The number of rotatable bonds is 12. The molecule has 0 aliphatic heterocycles. The van der Waals surface area contributed by atoms with Crippen LogP contribution in [0.5, 0.6) is 0 Å². The highest BCUT2D eigenvalue weighted by Gasteiger charge is 2.38. The van der Waals surface area contributed by atoms with Gasteiger partial charge in [-0.3, -0.25) is 0 Å². The summed E-state index contributed by atoms with van der Waals surface area (Å²) in [6.45, 7) is 3.05. The highest BCUT2D eigenvalue weighted by atomic mass is 28.4. The molecule has 1 N–H and O–H groups in total. The fourth-order valence-electron chi connectivity index (χ4n) is 2.15. The van der Waals surface area contributed by atoms with Gasteiger partial charge in [-0.2, -0.15) is 0 Å².